The lowest BCUT2D eigenvalue weighted by atomic mass is 9.87. The molecular weight excluding hydrogens is 390 g/mol. The van der Waals surface area contributed by atoms with Crippen LogP contribution in [0.4, 0.5) is 10.5 Å². The van der Waals surface area contributed by atoms with Crippen LogP contribution in [0.1, 0.15) is 48.3 Å². The van der Waals surface area contributed by atoms with Crippen molar-refractivity contribution >= 4 is 11.8 Å². The van der Waals surface area contributed by atoms with E-state index >= 15 is 0 Å². The normalized spacial score (nSPS) is 17.1. The summed E-state index contributed by atoms with van der Waals surface area (Å²) in [5.74, 6) is 0.0947. The molecule has 1 amide bonds. The summed E-state index contributed by atoms with van der Waals surface area (Å²) in [5.41, 5.74) is 5.94. The molecule has 0 spiro atoms. The average molecular weight is 415 g/mol. The van der Waals surface area contributed by atoms with Crippen molar-refractivity contribution in [2.24, 2.45) is 0 Å². The molecule has 158 valence electrons. The van der Waals surface area contributed by atoms with Gasteiger partial charge in [-0.1, -0.05) is 55.5 Å². The third kappa shape index (κ3) is 3.21. The number of hydrogen-bond acceptors (Lipinski definition) is 4. The number of carbonyl (C=O) groups excluding carboxylic acids is 1. The highest BCUT2D eigenvalue weighted by Crippen LogP contribution is 2.46. The molecule has 5 heteroatoms. The van der Waals surface area contributed by atoms with Gasteiger partial charge in [0, 0.05) is 30.2 Å². The zero-order valence-corrected chi connectivity index (χ0v) is 17.4. The van der Waals surface area contributed by atoms with Gasteiger partial charge in [0.25, 0.3) is 0 Å². The fraction of sp³-hybridized carbons (Fsp3) is 0.269. The molecule has 0 fully saturated rings. The number of anilines is 1. The Morgan fingerprint density at radius 3 is 2.32 bits per heavy atom. The van der Waals surface area contributed by atoms with Gasteiger partial charge in [-0.2, -0.15) is 0 Å². The molecule has 0 unspecified atom stereocenters. The molecule has 0 bridgehead atoms. The van der Waals surface area contributed by atoms with E-state index in [1.54, 1.807) is 0 Å². The first kappa shape index (κ1) is 19.5. The van der Waals surface area contributed by atoms with Gasteiger partial charge in [-0.25, -0.2) is 4.79 Å². The van der Waals surface area contributed by atoms with Gasteiger partial charge in [-0.3, -0.25) is 4.90 Å². The molecule has 3 aromatic carbocycles. The summed E-state index contributed by atoms with van der Waals surface area (Å²) in [4.78, 5) is 14.6. The van der Waals surface area contributed by atoms with Crippen LogP contribution >= 0.6 is 0 Å². The van der Waals surface area contributed by atoms with Gasteiger partial charge in [0.15, 0.2) is 0 Å². The molecule has 0 saturated carbocycles. The number of fused-ring (bicyclic) bond motifs is 4. The Hall–Kier alpha value is -3.47. The number of rotatable bonds is 3. The lowest BCUT2D eigenvalue weighted by Crippen LogP contribution is -2.37. The minimum Gasteiger partial charge on any atom is -0.508 e. The van der Waals surface area contributed by atoms with Crippen molar-refractivity contribution in [1.29, 1.82) is 0 Å². The Kier molecular flexibility index (Phi) is 4.81. The fourth-order valence-electron chi connectivity index (χ4n) is 5.07. The third-order valence-electron chi connectivity index (χ3n) is 6.57. The maximum absolute atomic E-state index is 13.1. The van der Waals surface area contributed by atoms with Crippen LogP contribution in [0.3, 0.4) is 0 Å². The first-order valence-corrected chi connectivity index (χ1v) is 10.8. The second-order valence-corrected chi connectivity index (χ2v) is 8.25. The Morgan fingerprint density at radius 1 is 1.03 bits per heavy atom. The van der Waals surface area contributed by atoms with Crippen molar-refractivity contribution in [3.8, 4) is 22.6 Å². The highest BCUT2D eigenvalue weighted by molar-refractivity contribution is 5.91. The molecule has 1 aliphatic heterocycles. The van der Waals surface area contributed by atoms with Gasteiger partial charge >= 0.3 is 6.09 Å². The molecule has 5 rings (SSSR count). The summed E-state index contributed by atoms with van der Waals surface area (Å²) in [6, 6.07) is 19.3. The van der Waals surface area contributed by atoms with Crippen molar-refractivity contribution < 1.29 is 19.7 Å². The van der Waals surface area contributed by atoms with Gasteiger partial charge in [0.1, 0.15) is 18.1 Å². The Bertz CT molecular complexity index is 1110. The van der Waals surface area contributed by atoms with Crippen LogP contribution in [0.25, 0.3) is 11.1 Å². The van der Waals surface area contributed by atoms with E-state index in [0.29, 0.717) is 17.8 Å². The Labute approximate surface area is 181 Å². The maximum atomic E-state index is 13.1. The summed E-state index contributed by atoms with van der Waals surface area (Å²) in [5, 5.41) is 20.4. The van der Waals surface area contributed by atoms with E-state index in [-0.39, 0.29) is 29.9 Å². The summed E-state index contributed by atoms with van der Waals surface area (Å²) in [7, 11) is 0. The quantitative estimate of drug-likeness (QED) is 0.571. The summed E-state index contributed by atoms with van der Waals surface area (Å²) >= 11 is 0. The summed E-state index contributed by atoms with van der Waals surface area (Å²) in [6.45, 7) is 2.79. The van der Waals surface area contributed by atoms with Gasteiger partial charge in [0.05, 0.1) is 5.69 Å². The zero-order valence-electron chi connectivity index (χ0n) is 17.4. The van der Waals surface area contributed by atoms with E-state index in [9.17, 15) is 15.0 Å². The number of amides is 1. The zero-order chi connectivity index (χ0) is 21.5. The smallest absolute Gasteiger partial charge is 0.414 e. The molecule has 31 heavy (non-hydrogen) atoms. The lowest BCUT2D eigenvalue weighted by Gasteiger charge is -2.34. The second kappa shape index (κ2) is 7.65. The highest BCUT2D eigenvalue weighted by Gasteiger charge is 2.34. The van der Waals surface area contributed by atoms with E-state index < -0.39 is 6.09 Å². The first-order valence-electron chi connectivity index (χ1n) is 10.8. The maximum Gasteiger partial charge on any atom is 0.414 e. The molecule has 1 atom stereocenters. The fourth-order valence-corrected chi connectivity index (χ4v) is 5.07. The SMILES string of the molecule is CC[C@@H]1CCN(C(=O)OCC2c3ccccc3-c3ccccc32)c2cc(O)cc(O)c21. The number of ether oxygens (including phenoxy) is 1. The van der Waals surface area contributed by atoms with Crippen LogP contribution in [0, 0.1) is 0 Å². The molecule has 0 saturated heterocycles. The van der Waals surface area contributed by atoms with Crippen LogP contribution < -0.4 is 4.90 Å². The molecule has 2 N–H and O–H groups in total. The van der Waals surface area contributed by atoms with Gasteiger partial charge in [0.2, 0.25) is 0 Å². The lowest BCUT2D eigenvalue weighted by molar-refractivity contribution is 0.149. The largest absolute Gasteiger partial charge is 0.508 e. The summed E-state index contributed by atoms with van der Waals surface area (Å²) in [6.07, 6.45) is 1.14. The minimum atomic E-state index is -0.456. The van der Waals surface area contributed by atoms with Crippen molar-refractivity contribution in [3.63, 3.8) is 0 Å². The molecule has 0 radical (unpaired) electrons. The first-order chi connectivity index (χ1) is 15.1. The standard InChI is InChI=1S/C26H25NO4/c1-2-16-11-12-27(23-13-17(28)14-24(29)25(16)23)26(30)31-15-22-20-9-5-3-7-18(20)19-8-4-6-10-21(19)22/h3-10,13-14,16,22,28-29H,2,11-12,15H2,1H3/t16-/m1/s1. The molecule has 3 aromatic rings. The molecule has 5 nitrogen and oxygen atoms in total. The Morgan fingerprint density at radius 2 is 1.68 bits per heavy atom. The van der Waals surface area contributed by atoms with Crippen molar-refractivity contribution in [3.05, 3.63) is 77.4 Å². The van der Waals surface area contributed by atoms with Crippen LogP contribution in [-0.4, -0.2) is 29.5 Å². The van der Waals surface area contributed by atoms with E-state index in [0.717, 1.165) is 24.0 Å². The van der Waals surface area contributed by atoms with Gasteiger partial charge in [-0.05, 0) is 41.0 Å². The van der Waals surface area contributed by atoms with Crippen LogP contribution in [0.5, 0.6) is 11.5 Å². The van der Waals surface area contributed by atoms with Gasteiger partial charge < -0.3 is 14.9 Å². The van der Waals surface area contributed by atoms with E-state index in [1.807, 2.05) is 24.3 Å². The second-order valence-electron chi connectivity index (χ2n) is 8.25. The number of hydrogen-bond donors (Lipinski definition) is 2. The number of carbonyl (C=O) groups is 1. The van der Waals surface area contributed by atoms with Crippen LogP contribution in [0.15, 0.2) is 60.7 Å². The number of phenols is 2. The van der Waals surface area contributed by atoms with E-state index in [1.165, 1.54) is 28.2 Å². The van der Waals surface area contributed by atoms with Crippen LogP contribution in [-0.2, 0) is 4.74 Å². The predicted molar refractivity (Wildman–Crippen MR) is 120 cm³/mol. The van der Waals surface area contributed by atoms with Crippen LogP contribution in [0.2, 0.25) is 0 Å². The summed E-state index contributed by atoms with van der Waals surface area (Å²) < 4.78 is 5.81. The van der Waals surface area contributed by atoms with E-state index in [4.69, 9.17) is 4.74 Å². The number of benzene rings is 3. The molecule has 1 heterocycles. The molecule has 0 aromatic heterocycles. The monoisotopic (exact) mass is 415 g/mol. The van der Waals surface area contributed by atoms with Gasteiger partial charge in [-0.15, -0.1) is 0 Å². The average Bonchev–Trinajstić information content (AvgIpc) is 3.10. The Balaban J connectivity index is 1.41. The number of nitrogens with zero attached hydrogens (tertiary/aromatic N) is 1. The number of aromatic hydroxyl groups is 2. The van der Waals surface area contributed by atoms with Crippen molar-refractivity contribution in [2.45, 2.75) is 31.6 Å². The predicted octanol–water partition coefficient (Wildman–Crippen LogP) is 5.75. The van der Waals surface area contributed by atoms with Crippen molar-refractivity contribution in [2.75, 3.05) is 18.1 Å². The van der Waals surface area contributed by atoms with Crippen molar-refractivity contribution in [1.82, 2.24) is 0 Å². The van der Waals surface area contributed by atoms with E-state index in [2.05, 4.69) is 31.2 Å². The third-order valence-corrected chi connectivity index (χ3v) is 6.57. The minimum absolute atomic E-state index is 0.0124. The molecule has 1 aliphatic carbocycles. The molecular formula is C26H25NO4. The molecule has 2 aliphatic rings. The highest BCUT2D eigenvalue weighted by atomic mass is 16.6. The number of phenolic OH excluding ortho intramolecular Hbond substituents is 2. The topological polar surface area (TPSA) is 70.0 Å².